The molecule has 5 heteroatoms. The molecule has 0 heterocycles. The molecule has 30 heavy (non-hydrogen) atoms. The highest BCUT2D eigenvalue weighted by Gasteiger charge is 2.12. The van der Waals surface area contributed by atoms with Crippen molar-refractivity contribution in [3.05, 3.63) is 83.4 Å². The third-order valence-electron chi connectivity index (χ3n) is 4.46. The van der Waals surface area contributed by atoms with E-state index in [0.29, 0.717) is 36.8 Å². The average molecular weight is 405 g/mol. The molecular formula is C25H27NO4. The highest BCUT2D eigenvalue weighted by Crippen LogP contribution is 2.24. The van der Waals surface area contributed by atoms with Crippen molar-refractivity contribution in [3.8, 4) is 17.2 Å². The second-order valence-electron chi connectivity index (χ2n) is 6.77. The van der Waals surface area contributed by atoms with Crippen LogP contribution in [0.3, 0.4) is 0 Å². The van der Waals surface area contributed by atoms with Gasteiger partial charge in [0.1, 0.15) is 23.9 Å². The van der Waals surface area contributed by atoms with E-state index in [4.69, 9.17) is 14.2 Å². The predicted octanol–water partition coefficient (Wildman–Crippen LogP) is 5.62. The Labute approximate surface area is 177 Å². The van der Waals surface area contributed by atoms with Crippen molar-refractivity contribution in [3.63, 3.8) is 0 Å². The van der Waals surface area contributed by atoms with E-state index in [1.807, 2.05) is 81.4 Å². The summed E-state index contributed by atoms with van der Waals surface area (Å²) in [6.45, 7) is 7.34. The summed E-state index contributed by atoms with van der Waals surface area (Å²) in [7, 11) is 0. The van der Waals surface area contributed by atoms with Crippen molar-refractivity contribution in [1.82, 2.24) is 0 Å². The molecule has 3 rings (SSSR count). The minimum Gasteiger partial charge on any atom is -0.494 e. The number of benzene rings is 3. The van der Waals surface area contributed by atoms with E-state index in [-0.39, 0.29) is 5.91 Å². The lowest BCUT2D eigenvalue weighted by atomic mass is 10.1. The highest BCUT2D eigenvalue weighted by molar-refractivity contribution is 6.04. The van der Waals surface area contributed by atoms with Gasteiger partial charge in [-0.2, -0.15) is 0 Å². The molecule has 1 amide bonds. The number of anilines is 1. The lowest BCUT2D eigenvalue weighted by molar-refractivity contribution is 0.102. The molecule has 0 radical (unpaired) electrons. The Morgan fingerprint density at radius 1 is 0.800 bits per heavy atom. The van der Waals surface area contributed by atoms with Crippen molar-refractivity contribution < 1.29 is 19.0 Å². The summed E-state index contributed by atoms with van der Waals surface area (Å²) in [4.78, 5) is 12.7. The van der Waals surface area contributed by atoms with Gasteiger partial charge in [0, 0.05) is 16.8 Å². The predicted molar refractivity (Wildman–Crippen MR) is 119 cm³/mol. The summed E-state index contributed by atoms with van der Waals surface area (Å²) in [6.07, 6.45) is 0. The molecule has 0 aromatic heterocycles. The Bertz CT molecular complexity index is 965. The number of rotatable bonds is 9. The first kappa shape index (κ1) is 21.2. The molecular weight excluding hydrogens is 378 g/mol. The number of carbonyl (C=O) groups excluding carboxylic acids is 1. The highest BCUT2D eigenvalue weighted by atomic mass is 16.5. The van der Waals surface area contributed by atoms with E-state index in [1.54, 1.807) is 6.07 Å². The Morgan fingerprint density at radius 3 is 2.10 bits per heavy atom. The second-order valence-corrected chi connectivity index (χ2v) is 6.77. The minimum atomic E-state index is -0.196. The summed E-state index contributed by atoms with van der Waals surface area (Å²) in [6, 6.07) is 20.5. The molecule has 0 fully saturated rings. The summed E-state index contributed by atoms with van der Waals surface area (Å²) in [5.41, 5.74) is 3.23. The molecule has 3 aromatic rings. The van der Waals surface area contributed by atoms with Crippen LogP contribution in [0, 0.1) is 6.92 Å². The van der Waals surface area contributed by atoms with Crippen molar-refractivity contribution in [1.29, 1.82) is 0 Å². The molecule has 0 spiro atoms. The SMILES string of the molecule is CCOc1ccc(NC(=O)c2ccc(OCC)c(COc3ccc(C)cc3)c2)cc1. The number of nitrogens with one attached hydrogen (secondary N) is 1. The Morgan fingerprint density at radius 2 is 1.43 bits per heavy atom. The summed E-state index contributed by atoms with van der Waals surface area (Å²) < 4.78 is 17.0. The third kappa shape index (κ3) is 5.77. The molecule has 3 aromatic carbocycles. The van der Waals surface area contributed by atoms with Crippen molar-refractivity contribution in [2.24, 2.45) is 0 Å². The van der Waals surface area contributed by atoms with E-state index in [1.165, 1.54) is 5.56 Å². The first-order valence-corrected chi connectivity index (χ1v) is 10.1. The van der Waals surface area contributed by atoms with E-state index < -0.39 is 0 Å². The Kier molecular flexibility index (Phi) is 7.33. The van der Waals surface area contributed by atoms with Crippen LogP contribution in [-0.4, -0.2) is 19.1 Å². The van der Waals surface area contributed by atoms with Crippen LogP contribution in [0.25, 0.3) is 0 Å². The number of hydrogen-bond acceptors (Lipinski definition) is 4. The molecule has 0 unspecified atom stereocenters. The topological polar surface area (TPSA) is 56.8 Å². The summed E-state index contributed by atoms with van der Waals surface area (Å²) in [5, 5.41) is 2.91. The fraction of sp³-hybridized carbons (Fsp3) is 0.240. The number of aryl methyl sites for hydroxylation is 1. The minimum absolute atomic E-state index is 0.196. The molecule has 0 aliphatic carbocycles. The fourth-order valence-electron chi connectivity index (χ4n) is 2.93. The quantitative estimate of drug-likeness (QED) is 0.502. The van der Waals surface area contributed by atoms with Crippen LogP contribution in [0.1, 0.15) is 35.3 Å². The molecule has 156 valence electrons. The standard InChI is InChI=1S/C25H27NO4/c1-4-28-22-13-9-21(10-14-22)26-25(27)19-8-15-24(29-5-2)20(16-19)17-30-23-11-6-18(3)7-12-23/h6-16H,4-5,17H2,1-3H3,(H,26,27). The number of ether oxygens (including phenoxy) is 3. The Balaban J connectivity index is 1.73. The first-order valence-electron chi connectivity index (χ1n) is 10.1. The maximum Gasteiger partial charge on any atom is 0.255 e. The molecule has 0 aliphatic heterocycles. The molecule has 0 saturated heterocycles. The van der Waals surface area contributed by atoms with Crippen molar-refractivity contribution in [2.75, 3.05) is 18.5 Å². The van der Waals surface area contributed by atoms with Crippen LogP contribution in [-0.2, 0) is 6.61 Å². The van der Waals surface area contributed by atoms with Crippen LogP contribution in [0.5, 0.6) is 17.2 Å². The smallest absolute Gasteiger partial charge is 0.255 e. The molecule has 0 saturated carbocycles. The maximum absolute atomic E-state index is 12.7. The number of hydrogen-bond donors (Lipinski definition) is 1. The van der Waals surface area contributed by atoms with Crippen molar-refractivity contribution in [2.45, 2.75) is 27.4 Å². The van der Waals surface area contributed by atoms with Gasteiger partial charge in [-0.15, -0.1) is 0 Å². The molecule has 0 bridgehead atoms. The van der Waals surface area contributed by atoms with Crippen LogP contribution in [0.2, 0.25) is 0 Å². The molecule has 0 aliphatic rings. The van der Waals surface area contributed by atoms with Gasteiger partial charge in [-0.05, 0) is 75.4 Å². The van der Waals surface area contributed by atoms with Gasteiger partial charge in [0.2, 0.25) is 0 Å². The van der Waals surface area contributed by atoms with Gasteiger partial charge in [-0.3, -0.25) is 4.79 Å². The fourth-order valence-corrected chi connectivity index (χ4v) is 2.93. The zero-order chi connectivity index (χ0) is 21.3. The maximum atomic E-state index is 12.7. The van der Waals surface area contributed by atoms with Gasteiger partial charge in [0.25, 0.3) is 5.91 Å². The molecule has 5 nitrogen and oxygen atoms in total. The lowest BCUT2D eigenvalue weighted by Gasteiger charge is -2.14. The number of carbonyl (C=O) groups is 1. The van der Waals surface area contributed by atoms with Crippen LogP contribution in [0.15, 0.2) is 66.7 Å². The zero-order valence-electron chi connectivity index (χ0n) is 17.6. The number of amides is 1. The van der Waals surface area contributed by atoms with Gasteiger partial charge >= 0.3 is 0 Å². The van der Waals surface area contributed by atoms with Crippen LogP contribution in [0.4, 0.5) is 5.69 Å². The van der Waals surface area contributed by atoms with E-state index in [0.717, 1.165) is 17.1 Å². The Hall–Kier alpha value is -3.47. The summed E-state index contributed by atoms with van der Waals surface area (Å²) >= 11 is 0. The zero-order valence-corrected chi connectivity index (χ0v) is 17.6. The van der Waals surface area contributed by atoms with E-state index in [2.05, 4.69) is 5.32 Å². The van der Waals surface area contributed by atoms with Gasteiger partial charge in [0.05, 0.1) is 13.2 Å². The van der Waals surface area contributed by atoms with Gasteiger partial charge in [-0.1, -0.05) is 17.7 Å². The second kappa shape index (κ2) is 10.3. The lowest BCUT2D eigenvalue weighted by Crippen LogP contribution is -2.13. The van der Waals surface area contributed by atoms with Gasteiger partial charge < -0.3 is 19.5 Å². The van der Waals surface area contributed by atoms with Crippen LogP contribution < -0.4 is 19.5 Å². The monoisotopic (exact) mass is 405 g/mol. The molecule has 0 atom stereocenters. The van der Waals surface area contributed by atoms with Gasteiger partial charge in [-0.25, -0.2) is 0 Å². The average Bonchev–Trinajstić information content (AvgIpc) is 2.76. The summed E-state index contributed by atoms with van der Waals surface area (Å²) in [5.74, 6) is 2.06. The largest absolute Gasteiger partial charge is 0.494 e. The van der Waals surface area contributed by atoms with Crippen molar-refractivity contribution >= 4 is 11.6 Å². The first-order chi connectivity index (χ1) is 14.6. The van der Waals surface area contributed by atoms with E-state index in [9.17, 15) is 4.79 Å². The third-order valence-corrected chi connectivity index (χ3v) is 4.46. The van der Waals surface area contributed by atoms with Crippen LogP contribution >= 0.6 is 0 Å². The molecule has 1 N–H and O–H groups in total. The van der Waals surface area contributed by atoms with Gasteiger partial charge in [0.15, 0.2) is 0 Å². The normalized spacial score (nSPS) is 10.4. The van der Waals surface area contributed by atoms with E-state index >= 15 is 0 Å².